The molecule has 0 saturated carbocycles. The Morgan fingerprint density at radius 1 is 1.35 bits per heavy atom. The fraction of sp³-hybridized carbons (Fsp3) is 0.533. The third-order valence-electron chi connectivity index (χ3n) is 2.97. The molecule has 1 saturated heterocycles. The summed E-state index contributed by atoms with van der Waals surface area (Å²) in [6.07, 6.45) is 0.0187. The summed E-state index contributed by atoms with van der Waals surface area (Å²) < 4.78 is 5.72. The lowest BCUT2D eigenvalue weighted by atomic mass is 10.2. The van der Waals surface area contributed by atoms with Gasteiger partial charge in [-0.25, -0.2) is 0 Å². The second-order valence-corrected chi connectivity index (χ2v) is 6.08. The number of nitrogens with one attached hydrogen (secondary N) is 2. The molecule has 5 heteroatoms. The Kier molecular flexibility index (Phi) is 4.30. The van der Waals surface area contributed by atoms with Gasteiger partial charge in [0.05, 0.1) is 12.1 Å². The second-order valence-electron chi connectivity index (χ2n) is 6.08. The number of carbonyl (C=O) groups is 1. The highest BCUT2D eigenvalue weighted by molar-refractivity contribution is 5.95. The minimum absolute atomic E-state index is 0.119. The summed E-state index contributed by atoms with van der Waals surface area (Å²) in [6.45, 7) is 6.43. The highest BCUT2D eigenvalue weighted by atomic mass is 16.5. The zero-order valence-corrected chi connectivity index (χ0v) is 12.1. The quantitative estimate of drug-likeness (QED) is 0.784. The number of hydrogen-bond donors (Lipinski definition) is 3. The molecule has 1 aliphatic heterocycles. The Bertz CT molecular complexity index is 465. The van der Waals surface area contributed by atoms with Gasteiger partial charge in [0.25, 0.3) is 0 Å². The monoisotopic (exact) mass is 278 g/mol. The molecule has 1 amide bonds. The van der Waals surface area contributed by atoms with Gasteiger partial charge in [0.2, 0.25) is 5.91 Å². The van der Waals surface area contributed by atoms with E-state index in [-0.39, 0.29) is 17.6 Å². The van der Waals surface area contributed by atoms with Gasteiger partial charge in [0.15, 0.2) is 0 Å². The highest BCUT2D eigenvalue weighted by Gasteiger charge is 2.27. The molecule has 5 nitrogen and oxygen atoms in total. The van der Waals surface area contributed by atoms with E-state index in [1.54, 1.807) is 0 Å². The fourth-order valence-electron chi connectivity index (χ4n) is 2.11. The standard InChI is InChI=1S/C15H22N2O3/c1-15(2,3)20-12-6-4-10(5-7-12)17-14(19)13-8-11(18)9-16-13/h4-7,11,13,16,18H,8-9H2,1-3H3,(H,17,19). The average Bonchev–Trinajstić information content (AvgIpc) is 2.77. The lowest BCUT2D eigenvalue weighted by Gasteiger charge is -2.21. The molecular weight excluding hydrogens is 256 g/mol. The maximum Gasteiger partial charge on any atom is 0.241 e. The maximum absolute atomic E-state index is 12.0. The molecule has 0 aliphatic carbocycles. The topological polar surface area (TPSA) is 70.6 Å². The van der Waals surface area contributed by atoms with Crippen molar-refractivity contribution < 1.29 is 14.6 Å². The van der Waals surface area contributed by atoms with E-state index in [1.165, 1.54) is 0 Å². The number of carbonyl (C=O) groups excluding carboxylic acids is 1. The Hall–Kier alpha value is -1.59. The summed E-state index contributed by atoms with van der Waals surface area (Å²) in [7, 11) is 0. The van der Waals surface area contributed by atoms with E-state index < -0.39 is 6.10 Å². The molecule has 1 aromatic carbocycles. The van der Waals surface area contributed by atoms with Gasteiger partial charge in [-0.15, -0.1) is 0 Å². The van der Waals surface area contributed by atoms with Crippen LogP contribution in [0.5, 0.6) is 5.75 Å². The predicted molar refractivity (Wildman–Crippen MR) is 77.9 cm³/mol. The van der Waals surface area contributed by atoms with Crippen LogP contribution in [0, 0.1) is 0 Å². The number of benzene rings is 1. The number of ether oxygens (including phenoxy) is 1. The van der Waals surface area contributed by atoms with Crippen LogP contribution < -0.4 is 15.4 Å². The molecule has 2 atom stereocenters. The smallest absolute Gasteiger partial charge is 0.241 e. The summed E-state index contributed by atoms with van der Waals surface area (Å²) in [5.74, 6) is 0.649. The number of rotatable bonds is 3. The summed E-state index contributed by atoms with van der Waals surface area (Å²) in [4.78, 5) is 12.0. The van der Waals surface area contributed by atoms with Crippen molar-refractivity contribution in [3.8, 4) is 5.75 Å². The first-order valence-electron chi connectivity index (χ1n) is 6.85. The maximum atomic E-state index is 12.0. The normalized spacial score (nSPS) is 22.6. The van der Waals surface area contributed by atoms with Crippen molar-refractivity contribution in [3.05, 3.63) is 24.3 Å². The van der Waals surface area contributed by atoms with Crippen molar-refractivity contribution in [3.63, 3.8) is 0 Å². The van der Waals surface area contributed by atoms with Crippen LogP contribution >= 0.6 is 0 Å². The van der Waals surface area contributed by atoms with E-state index in [9.17, 15) is 9.90 Å². The van der Waals surface area contributed by atoms with Crippen molar-refractivity contribution in [1.29, 1.82) is 0 Å². The molecule has 1 fully saturated rings. The summed E-state index contributed by atoms with van der Waals surface area (Å²) in [5, 5.41) is 15.2. The van der Waals surface area contributed by atoms with Gasteiger partial charge in [-0.3, -0.25) is 4.79 Å². The summed E-state index contributed by atoms with van der Waals surface area (Å²) >= 11 is 0. The van der Waals surface area contributed by atoms with E-state index in [2.05, 4.69) is 10.6 Å². The Labute approximate surface area is 119 Å². The molecule has 0 bridgehead atoms. The van der Waals surface area contributed by atoms with Crippen LogP contribution in [0.1, 0.15) is 27.2 Å². The van der Waals surface area contributed by atoms with Gasteiger partial charge >= 0.3 is 0 Å². The molecule has 2 unspecified atom stereocenters. The van der Waals surface area contributed by atoms with Gasteiger partial charge in [0.1, 0.15) is 11.4 Å². The van der Waals surface area contributed by atoms with Crippen LogP contribution in [0.3, 0.4) is 0 Å². The van der Waals surface area contributed by atoms with Crippen LogP contribution in [-0.4, -0.2) is 35.3 Å². The zero-order chi connectivity index (χ0) is 14.8. The molecule has 1 aromatic rings. The number of amides is 1. The van der Waals surface area contributed by atoms with E-state index in [4.69, 9.17) is 4.74 Å². The molecule has 2 rings (SSSR count). The molecule has 20 heavy (non-hydrogen) atoms. The minimum Gasteiger partial charge on any atom is -0.488 e. The number of β-amino-alcohol motifs (C(OH)–C–C–N with tert-alkyl or cyclic N) is 1. The Morgan fingerprint density at radius 2 is 2.00 bits per heavy atom. The van der Waals surface area contributed by atoms with E-state index in [0.717, 1.165) is 11.4 Å². The second kappa shape index (κ2) is 5.81. The molecule has 110 valence electrons. The van der Waals surface area contributed by atoms with Crippen LogP contribution in [0.15, 0.2) is 24.3 Å². The van der Waals surface area contributed by atoms with Crippen molar-refractivity contribution in [2.75, 3.05) is 11.9 Å². The largest absolute Gasteiger partial charge is 0.488 e. The first-order chi connectivity index (χ1) is 9.33. The molecule has 0 spiro atoms. The number of anilines is 1. The number of hydrogen-bond acceptors (Lipinski definition) is 4. The van der Waals surface area contributed by atoms with Crippen molar-refractivity contribution in [2.24, 2.45) is 0 Å². The highest BCUT2D eigenvalue weighted by Crippen LogP contribution is 2.21. The minimum atomic E-state index is -0.437. The first kappa shape index (κ1) is 14.8. The van der Waals surface area contributed by atoms with Crippen molar-refractivity contribution >= 4 is 11.6 Å². The number of aliphatic hydroxyl groups excluding tert-OH is 1. The lowest BCUT2D eigenvalue weighted by molar-refractivity contribution is -0.117. The lowest BCUT2D eigenvalue weighted by Crippen LogP contribution is -2.35. The van der Waals surface area contributed by atoms with Gasteiger partial charge in [-0.05, 0) is 51.5 Å². The molecule has 1 aliphatic rings. The Balaban J connectivity index is 1.92. The Morgan fingerprint density at radius 3 is 2.50 bits per heavy atom. The molecule has 3 N–H and O–H groups in total. The molecule has 0 radical (unpaired) electrons. The van der Waals surface area contributed by atoms with E-state index in [1.807, 2.05) is 45.0 Å². The summed E-state index contributed by atoms with van der Waals surface area (Å²) in [5.41, 5.74) is 0.480. The number of aliphatic hydroxyl groups is 1. The van der Waals surface area contributed by atoms with E-state index in [0.29, 0.717) is 13.0 Å². The summed E-state index contributed by atoms with van der Waals surface area (Å²) in [6, 6.07) is 6.96. The van der Waals surface area contributed by atoms with Crippen LogP contribution in [0.25, 0.3) is 0 Å². The molecule has 1 heterocycles. The fourth-order valence-corrected chi connectivity index (χ4v) is 2.11. The third kappa shape index (κ3) is 4.21. The van der Waals surface area contributed by atoms with Crippen LogP contribution in [0.4, 0.5) is 5.69 Å². The van der Waals surface area contributed by atoms with Crippen LogP contribution in [0.2, 0.25) is 0 Å². The zero-order valence-electron chi connectivity index (χ0n) is 12.1. The van der Waals surface area contributed by atoms with Crippen molar-refractivity contribution in [1.82, 2.24) is 5.32 Å². The third-order valence-corrected chi connectivity index (χ3v) is 2.97. The van der Waals surface area contributed by atoms with E-state index >= 15 is 0 Å². The van der Waals surface area contributed by atoms with Gasteiger partial charge in [0, 0.05) is 12.2 Å². The molecule has 0 aromatic heterocycles. The average molecular weight is 278 g/mol. The SMILES string of the molecule is CC(C)(C)Oc1ccc(NC(=O)C2CC(O)CN2)cc1. The van der Waals surface area contributed by atoms with Crippen molar-refractivity contribution in [2.45, 2.75) is 44.9 Å². The van der Waals surface area contributed by atoms with Gasteiger partial charge < -0.3 is 20.5 Å². The van der Waals surface area contributed by atoms with Crippen LogP contribution in [-0.2, 0) is 4.79 Å². The first-order valence-corrected chi connectivity index (χ1v) is 6.85. The predicted octanol–water partition coefficient (Wildman–Crippen LogP) is 1.53. The van der Waals surface area contributed by atoms with Gasteiger partial charge in [-0.1, -0.05) is 0 Å². The molecular formula is C15H22N2O3. The van der Waals surface area contributed by atoms with Gasteiger partial charge in [-0.2, -0.15) is 0 Å².